The van der Waals surface area contributed by atoms with E-state index in [9.17, 15) is 0 Å². The zero-order valence-electron chi connectivity index (χ0n) is 12.3. The molecule has 0 amide bonds. The molecule has 2 heterocycles. The Labute approximate surface area is 134 Å². The smallest absolute Gasteiger partial charge is 0.0945 e. The lowest BCUT2D eigenvalue weighted by atomic mass is 10.1. The molecular weight excluding hydrogens is 328 g/mol. The van der Waals surface area contributed by atoms with Crippen LogP contribution in [0, 0.1) is 5.92 Å². The number of rotatable bonds is 5. The van der Waals surface area contributed by atoms with Crippen molar-refractivity contribution in [3.8, 4) is 0 Å². The minimum atomic E-state index is 0.724. The van der Waals surface area contributed by atoms with E-state index in [2.05, 4.69) is 60.0 Å². The molecule has 1 aliphatic rings. The second-order valence-electron chi connectivity index (χ2n) is 5.70. The maximum Gasteiger partial charge on any atom is 0.0945 e. The first-order valence-corrected chi connectivity index (χ1v) is 8.18. The minimum Gasteiger partial charge on any atom is -0.371 e. The van der Waals surface area contributed by atoms with Crippen molar-refractivity contribution >= 4 is 21.6 Å². The minimum absolute atomic E-state index is 0.724. The highest BCUT2D eigenvalue weighted by Gasteiger charge is 2.22. The number of anilines is 1. The van der Waals surface area contributed by atoms with Crippen LogP contribution in [-0.2, 0) is 13.6 Å². The Kier molecular flexibility index (Phi) is 4.60. The predicted molar refractivity (Wildman–Crippen MR) is 89.4 cm³/mol. The molecule has 21 heavy (non-hydrogen) atoms. The van der Waals surface area contributed by atoms with Crippen LogP contribution in [-0.4, -0.2) is 29.2 Å². The Balaban J connectivity index is 1.46. The van der Waals surface area contributed by atoms with Crippen molar-refractivity contribution in [3.63, 3.8) is 0 Å². The van der Waals surface area contributed by atoms with Gasteiger partial charge in [-0.15, -0.1) is 0 Å². The molecule has 112 valence electrons. The molecular formula is C16H21BrN4. The fourth-order valence-electron chi connectivity index (χ4n) is 2.84. The van der Waals surface area contributed by atoms with E-state index in [1.165, 1.54) is 17.8 Å². The van der Waals surface area contributed by atoms with Crippen molar-refractivity contribution in [2.45, 2.75) is 13.0 Å². The normalized spacial score (nSPS) is 18.4. The van der Waals surface area contributed by atoms with Gasteiger partial charge in [0.1, 0.15) is 0 Å². The first-order chi connectivity index (χ1) is 10.2. The first-order valence-electron chi connectivity index (χ1n) is 7.39. The zero-order valence-corrected chi connectivity index (χ0v) is 13.9. The lowest BCUT2D eigenvalue weighted by molar-refractivity contribution is 0.510. The molecule has 1 N–H and O–H groups in total. The lowest BCUT2D eigenvalue weighted by Gasteiger charge is -2.19. The lowest BCUT2D eigenvalue weighted by Crippen LogP contribution is -2.26. The van der Waals surface area contributed by atoms with Gasteiger partial charge in [-0.1, -0.05) is 15.9 Å². The molecule has 0 bridgehead atoms. The van der Waals surface area contributed by atoms with Crippen molar-refractivity contribution < 1.29 is 0 Å². The Hall–Kier alpha value is -1.33. The summed E-state index contributed by atoms with van der Waals surface area (Å²) in [6, 6.07) is 8.61. The van der Waals surface area contributed by atoms with Gasteiger partial charge in [0.25, 0.3) is 0 Å². The monoisotopic (exact) mass is 348 g/mol. The van der Waals surface area contributed by atoms with E-state index in [1.54, 1.807) is 0 Å². The maximum atomic E-state index is 4.14. The molecule has 1 aromatic heterocycles. The van der Waals surface area contributed by atoms with Gasteiger partial charge in [-0.3, -0.25) is 0 Å². The van der Waals surface area contributed by atoms with Crippen LogP contribution < -0.4 is 10.2 Å². The number of aryl methyl sites for hydroxylation is 1. The molecule has 0 aliphatic carbocycles. The van der Waals surface area contributed by atoms with Gasteiger partial charge in [-0.05, 0) is 36.6 Å². The van der Waals surface area contributed by atoms with Gasteiger partial charge in [0.05, 0.1) is 12.0 Å². The van der Waals surface area contributed by atoms with Crippen molar-refractivity contribution in [3.05, 3.63) is 47.0 Å². The number of aromatic nitrogens is 2. The predicted octanol–water partition coefficient (Wildman–Crippen LogP) is 2.80. The Morgan fingerprint density at radius 3 is 2.86 bits per heavy atom. The zero-order chi connectivity index (χ0) is 14.7. The topological polar surface area (TPSA) is 33.1 Å². The van der Waals surface area contributed by atoms with Crippen LogP contribution in [0.4, 0.5) is 5.69 Å². The van der Waals surface area contributed by atoms with Gasteiger partial charge in [0.2, 0.25) is 0 Å². The summed E-state index contributed by atoms with van der Waals surface area (Å²) in [6.07, 6.45) is 5.03. The number of benzene rings is 1. The molecule has 5 heteroatoms. The molecule has 0 saturated carbocycles. The molecule has 1 saturated heterocycles. The van der Waals surface area contributed by atoms with Crippen LogP contribution in [0.1, 0.15) is 12.1 Å². The molecule has 1 aliphatic heterocycles. The van der Waals surface area contributed by atoms with Crippen molar-refractivity contribution in [1.29, 1.82) is 0 Å². The molecule has 3 rings (SSSR count). The highest BCUT2D eigenvalue weighted by molar-refractivity contribution is 9.10. The van der Waals surface area contributed by atoms with Crippen LogP contribution in [0.25, 0.3) is 0 Å². The number of nitrogens with zero attached hydrogens (tertiary/aromatic N) is 3. The average molecular weight is 349 g/mol. The fraction of sp³-hybridized carbons (Fsp3) is 0.438. The average Bonchev–Trinajstić information content (AvgIpc) is 3.10. The van der Waals surface area contributed by atoms with Crippen LogP contribution in [0.15, 0.2) is 41.3 Å². The van der Waals surface area contributed by atoms with Gasteiger partial charge >= 0.3 is 0 Å². The van der Waals surface area contributed by atoms with Crippen LogP contribution >= 0.6 is 15.9 Å². The summed E-state index contributed by atoms with van der Waals surface area (Å²) in [5.74, 6) is 0.724. The Bertz CT molecular complexity index is 578. The third kappa shape index (κ3) is 3.66. The molecule has 4 nitrogen and oxygen atoms in total. The van der Waals surface area contributed by atoms with Crippen LogP contribution in [0.3, 0.4) is 0 Å². The summed E-state index contributed by atoms with van der Waals surface area (Å²) >= 11 is 3.49. The molecule has 1 atom stereocenters. The quantitative estimate of drug-likeness (QED) is 0.901. The van der Waals surface area contributed by atoms with E-state index in [4.69, 9.17) is 0 Å². The first kappa shape index (κ1) is 14.6. The summed E-state index contributed by atoms with van der Waals surface area (Å²) in [5, 5.41) is 3.56. The summed E-state index contributed by atoms with van der Waals surface area (Å²) in [6.45, 7) is 4.25. The van der Waals surface area contributed by atoms with E-state index in [0.717, 1.165) is 36.6 Å². The molecule has 2 aromatic rings. The summed E-state index contributed by atoms with van der Waals surface area (Å²) in [7, 11) is 2.04. The highest BCUT2D eigenvalue weighted by atomic mass is 79.9. The molecule has 1 fully saturated rings. The molecule has 0 radical (unpaired) electrons. The van der Waals surface area contributed by atoms with E-state index in [0.29, 0.717) is 0 Å². The molecule has 0 spiro atoms. The Morgan fingerprint density at radius 1 is 1.33 bits per heavy atom. The SMILES string of the molecule is Cn1cncc1CNC[C@@H]1CCN(c2ccc(Br)cc2)C1. The highest BCUT2D eigenvalue weighted by Crippen LogP contribution is 2.24. The Morgan fingerprint density at radius 2 is 2.14 bits per heavy atom. The number of hydrogen-bond donors (Lipinski definition) is 1. The van der Waals surface area contributed by atoms with Gasteiger partial charge in [-0.25, -0.2) is 4.98 Å². The van der Waals surface area contributed by atoms with Crippen molar-refractivity contribution in [1.82, 2.24) is 14.9 Å². The van der Waals surface area contributed by atoms with Crippen LogP contribution in [0.2, 0.25) is 0 Å². The van der Waals surface area contributed by atoms with Crippen molar-refractivity contribution in [2.24, 2.45) is 13.0 Å². The van der Waals surface area contributed by atoms with Gasteiger partial charge in [0.15, 0.2) is 0 Å². The van der Waals surface area contributed by atoms with Gasteiger partial charge in [0, 0.05) is 49.6 Å². The molecule has 0 unspecified atom stereocenters. The fourth-order valence-corrected chi connectivity index (χ4v) is 3.11. The number of imidazole rings is 1. The second kappa shape index (κ2) is 6.62. The van der Waals surface area contributed by atoms with Gasteiger partial charge in [-0.2, -0.15) is 0 Å². The van der Waals surface area contributed by atoms with Gasteiger partial charge < -0.3 is 14.8 Å². The number of halogens is 1. The maximum absolute atomic E-state index is 4.14. The largest absolute Gasteiger partial charge is 0.371 e. The summed E-state index contributed by atoms with van der Waals surface area (Å²) in [4.78, 5) is 6.62. The molecule has 1 aromatic carbocycles. The van der Waals surface area contributed by atoms with E-state index < -0.39 is 0 Å². The summed E-state index contributed by atoms with van der Waals surface area (Å²) in [5.41, 5.74) is 2.56. The summed E-state index contributed by atoms with van der Waals surface area (Å²) < 4.78 is 3.20. The number of nitrogens with one attached hydrogen (secondary N) is 1. The van der Waals surface area contributed by atoms with E-state index in [1.807, 2.05) is 19.6 Å². The number of hydrogen-bond acceptors (Lipinski definition) is 3. The third-order valence-electron chi connectivity index (χ3n) is 4.13. The van der Waals surface area contributed by atoms with Crippen LogP contribution in [0.5, 0.6) is 0 Å². The van der Waals surface area contributed by atoms with E-state index >= 15 is 0 Å². The third-order valence-corrected chi connectivity index (χ3v) is 4.66. The second-order valence-corrected chi connectivity index (χ2v) is 6.62. The van der Waals surface area contributed by atoms with E-state index in [-0.39, 0.29) is 0 Å². The van der Waals surface area contributed by atoms with Crippen molar-refractivity contribution in [2.75, 3.05) is 24.5 Å². The standard InChI is InChI=1S/C16H21BrN4/c1-20-12-19-10-16(20)9-18-8-13-6-7-21(11-13)15-4-2-14(17)3-5-15/h2-5,10,12-13,18H,6-9,11H2,1H3/t13-/m0/s1.